The van der Waals surface area contributed by atoms with Gasteiger partial charge in [0.05, 0.1) is 11.6 Å². The number of aromatic amines is 1. The highest BCUT2D eigenvalue weighted by Gasteiger charge is 2.47. The Labute approximate surface area is 237 Å². The molecule has 7 heteroatoms. The van der Waals surface area contributed by atoms with Crippen molar-refractivity contribution in [2.75, 3.05) is 0 Å². The van der Waals surface area contributed by atoms with E-state index in [1.54, 1.807) is 0 Å². The van der Waals surface area contributed by atoms with Gasteiger partial charge in [0, 0.05) is 23.7 Å². The van der Waals surface area contributed by atoms with E-state index in [0.717, 1.165) is 11.1 Å². The molecule has 1 atom stereocenters. The summed E-state index contributed by atoms with van der Waals surface area (Å²) < 4.78 is 0. The molecule has 41 heavy (non-hydrogen) atoms. The van der Waals surface area contributed by atoms with Gasteiger partial charge in [-0.1, -0.05) is 126 Å². The molecule has 5 aromatic rings. The van der Waals surface area contributed by atoms with Crippen molar-refractivity contribution in [3.8, 4) is 0 Å². The molecule has 204 valence electrons. The molecule has 7 nitrogen and oxygen atoms in total. The van der Waals surface area contributed by atoms with Gasteiger partial charge in [-0.15, -0.1) is 0 Å². The summed E-state index contributed by atoms with van der Waals surface area (Å²) in [6, 6.07) is 38.8. The highest BCUT2D eigenvalue weighted by atomic mass is 16.7. The van der Waals surface area contributed by atoms with Gasteiger partial charge in [0.25, 0.3) is 5.79 Å². The molecule has 0 spiro atoms. The Balaban J connectivity index is 1.83. The standard InChI is InChI=1S/C34H28N2O5/c37-28-21-22-35-33(31(28)30(24-13-5-1-6-14-24)25-15-7-2-8-16-25)34(40,41-36-23-29(38)39)32(26-17-9-3-10-18-26)27-19-11-4-12-20-27/h1-23,30,32,40H,(H,35,37)(H,38,39)/b36-23-. The van der Waals surface area contributed by atoms with Gasteiger partial charge < -0.3 is 20.0 Å². The van der Waals surface area contributed by atoms with Crippen LogP contribution in [0.1, 0.15) is 45.3 Å². The van der Waals surface area contributed by atoms with Crippen LogP contribution in [-0.2, 0) is 15.4 Å². The molecule has 1 unspecified atom stereocenters. The first-order valence-corrected chi connectivity index (χ1v) is 13.1. The number of hydrogen-bond donors (Lipinski definition) is 3. The van der Waals surface area contributed by atoms with Gasteiger partial charge in [0.1, 0.15) is 0 Å². The molecule has 0 radical (unpaired) electrons. The van der Waals surface area contributed by atoms with Gasteiger partial charge >= 0.3 is 5.97 Å². The fraction of sp³-hybridized carbons (Fsp3) is 0.0882. The summed E-state index contributed by atoms with van der Waals surface area (Å²) in [5.74, 6) is -5.20. The van der Waals surface area contributed by atoms with Gasteiger partial charge in [-0.2, -0.15) is 0 Å². The number of carbonyl (C=O) groups is 1. The smallest absolute Gasteiger partial charge is 0.350 e. The van der Waals surface area contributed by atoms with Crippen LogP contribution in [0.3, 0.4) is 0 Å². The lowest BCUT2D eigenvalue weighted by molar-refractivity contribution is -0.225. The summed E-state index contributed by atoms with van der Waals surface area (Å²) in [6.45, 7) is 0. The number of carboxylic acids is 1. The van der Waals surface area contributed by atoms with Crippen molar-refractivity contribution in [3.63, 3.8) is 0 Å². The first kappa shape index (κ1) is 27.3. The molecule has 4 aromatic carbocycles. The van der Waals surface area contributed by atoms with Gasteiger partial charge in [-0.3, -0.25) is 4.79 Å². The molecule has 0 aliphatic heterocycles. The highest BCUT2D eigenvalue weighted by Crippen LogP contribution is 2.45. The first-order valence-electron chi connectivity index (χ1n) is 13.1. The summed E-state index contributed by atoms with van der Waals surface area (Å²) in [6.07, 6.45) is 2.00. The third-order valence-corrected chi connectivity index (χ3v) is 6.92. The van der Waals surface area contributed by atoms with Crippen molar-refractivity contribution in [2.24, 2.45) is 5.16 Å². The third kappa shape index (κ3) is 5.85. The van der Waals surface area contributed by atoms with Crippen molar-refractivity contribution in [2.45, 2.75) is 17.6 Å². The molecule has 0 saturated heterocycles. The Kier molecular flexibility index (Phi) is 8.18. The van der Waals surface area contributed by atoms with E-state index in [1.807, 2.05) is 121 Å². The van der Waals surface area contributed by atoms with Crippen LogP contribution in [0.5, 0.6) is 0 Å². The second-order valence-corrected chi connectivity index (χ2v) is 9.50. The fourth-order valence-electron chi connectivity index (χ4n) is 5.22. The number of pyridine rings is 1. The average Bonchev–Trinajstić information content (AvgIpc) is 3.00. The number of nitrogens with one attached hydrogen (secondary N) is 1. The number of carboxylic acid groups (broad SMARTS) is 1. The number of benzene rings is 4. The van der Waals surface area contributed by atoms with Crippen LogP contribution in [-0.4, -0.2) is 27.4 Å². The normalized spacial score (nSPS) is 12.9. The predicted molar refractivity (Wildman–Crippen MR) is 157 cm³/mol. The SMILES string of the molecule is O=C(O)/C=N\OC(O)(c1[nH]ccc(=O)c1C(c1ccccc1)c1ccccc1)C(c1ccccc1)c1ccccc1. The first-order chi connectivity index (χ1) is 20.0. The van der Waals surface area contributed by atoms with Crippen LogP contribution in [0.2, 0.25) is 0 Å². The minimum Gasteiger partial charge on any atom is -0.477 e. The monoisotopic (exact) mass is 544 g/mol. The lowest BCUT2D eigenvalue weighted by Crippen LogP contribution is -2.40. The van der Waals surface area contributed by atoms with Crippen LogP contribution in [0, 0.1) is 0 Å². The van der Waals surface area contributed by atoms with Gasteiger partial charge in [-0.05, 0) is 22.3 Å². The maximum atomic E-state index is 13.8. The summed E-state index contributed by atoms with van der Waals surface area (Å²) in [4.78, 5) is 34.1. The van der Waals surface area contributed by atoms with E-state index >= 15 is 0 Å². The van der Waals surface area contributed by atoms with E-state index in [4.69, 9.17) is 4.84 Å². The molecular formula is C34H28N2O5. The number of oxime groups is 1. The Bertz CT molecular complexity index is 1590. The number of nitrogens with zero attached hydrogens (tertiary/aromatic N) is 1. The Hall–Kier alpha value is -5.27. The largest absolute Gasteiger partial charge is 0.477 e. The van der Waals surface area contributed by atoms with Gasteiger partial charge in [0.15, 0.2) is 11.6 Å². The highest BCUT2D eigenvalue weighted by molar-refractivity contribution is 6.21. The fourth-order valence-corrected chi connectivity index (χ4v) is 5.22. The third-order valence-electron chi connectivity index (χ3n) is 6.92. The van der Waals surface area contributed by atoms with Crippen LogP contribution in [0.15, 0.2) is 144 Å². The van der Waals surface area contributed by atoms with E-state index in [-0.39, 0.29) is 16.7 Å². The molecule has 0 bridgehead atoms. The number of rotatable bonds is 10. The molecule has 0 amide bonds. The zero-order valence-electron chi connectivity index (χ0n) is 22.0. The molecule has 1 heterocycles. The second kappa shape index (κ2) is 12.3. The molecule has 1 aromatic heterocycles. The molecule has 0 saturated carbocycles. The van der Waals surface area contributed by atoms with Crippen LogP contribution in [0.25, 0.3) is 0 Å². The number of aromatic nitrogens is 1. The Morgan fingerprint density at radius 2 is 1.17 bits per heavy atom. The van der Waals surface area contributed by atoms with Crippen molar-refractivity contribution >= 4 is 12.2 Å². The number of aliphatic carboxylic acids is 1. The minimum absolute atomic E-state index is 0.0583. The van der Waals surface area contributed by atoms with E-state index < -0.39 is 23.6 Å². The van der Waals surface area contributed by atoms with Crippen LogP contribution >= 0.6 is 0 Å². The van der Waals surface area contributed by atoms with Crippen LogP contribution in [0.4, 0.5) is 0 Å². The summed E-state index contributed by atoms with van der Waals surface area (Å²) in [5, 5.41) is 25.7. The topological polar surface area (TPSA) is 112 Å². The molecule has 0 aliphatic rings. The molecule has 5 rings (SSSR count). The van der Waals surface area contributed by atoms with E-state index in [1.165, 1.54) is 12.3 Å². The maximum absolute atomic E-state index is 13.8. The van der Waals surface area contributed by atoms with Crippen molar-refractivity contribution in [3.05, 3.63) is 177 Å². The zero-order chi connectivity index (χ0) is 28.7. The summed E-state index contributed by atoms with van der Waals surface area (Å²) in [5.41, 5.74) is 2.95. The minimum atomic E-state index is -2.34. The maximum Gasteiger partial charge on any atom is 0.350 e. The number of H-pyrrole nitrogens is 1. The molecule has 0 aliphatic carbocycles. The number of hydrogen-bond acceptors (Lipinski definition) is 5. The number of aliphatic hydroxyl groups is 1. The van der Waals surface area contributed by atoms with Crippen molar-refractivity contribution < 1.29 is 19.8 Å². The quantitative estimate of drug-likeness (QED) is 0.120. The lowest BCUT2D eigenvalue weighted by Gasteiger charge is -2.36. The molecular weight excluding hydrogens is 516 g/mol. The van der Waals surface area contributed by atoms with Crippen LogP contribution < -0.4 is 5.43 Å². The Morgan fingerprint density at radius 1 is 0.732 bits per heavy atom. The van der Waals surface area contributed by atoms with E-state index in [9.17, 15) is 19.8 Å². The zero-order valence-corrected chi connectivity index (χ0v) is 22.0. The predicted octanol–water partition coefficient (Wildman–Crippen LogP) is 5.62. The lowest BCUT2D eigenvalue weighted by atomic mass is 9.77. The van der Waals surface area contributed by atoms with E-state index in [2.05, 4.69) is 10.1 Å². The summed E-state index contributed by atoms with van der Waals surface area (Å²) in [7, 11) is 0. The second-order valence-electron chi connectivity index (χ2n) is 9.50. The van der Waals surface area contributed by atoms with Crippen molar-refractivity contribution in [1.29, 1.82) is 0 Å². The summed E-state index contributed by atoms with van der Waals surface area (Å²) >= 11 is 0. The molecule has 0 fully saturated rings. The average molecular weight is 545 g/mol. The molecule has 3 N–H and O–H groups in total. The Morgan fingerprint density at radius 3 is 1.61 bits per heavy atom. The van der Waals surface area contributed by atoms with Crippen molar-refractivity contribution in [1.82, 2.24) is 4.98 Å². The van der Waals surface area contributed by atoms with Gasteiger partial charge in [-0.25, -0.2) is 4.79 Å². The van der Waals surface area contributed by atoms with E-state index in [0.29, 0.717) is 17.3 Å². The van der Waals surface area contributed by atoms with Gasteiger partial charge in [0.2, 0.25) is 0 Å².